The molecule has 0 aromatic heterocycles. The number of nitrogens with one attached hydrogen (secondary N) is 1. The average Bonchev–Trinajstić information content (AvgIpc) is 2.53. The van der Waals surface area contributed by atoms with Gasteiger partial charge >= 0.3 is 0 Å². The first-order chi connectivity index (χ1) is 11.0. The van der Waals surface area contributed by atoms with Crippen LogP contribution in [0.2, 0.25) is 0 Å². The summed E-state index contributed by atoms with van der Waals surface area (Å²) in [4.78, 5) is 25.5. The van der Waals surface area contributed by atoms with Crippen molar-refractivity contribution in [2.75, 3.05) is 16.8 Å². The van der Waals surface area contributed by atoms with E-state index in [-0.39, 0.29) is 18.4 Å². The highest BCUT2D eigenvalue weighted by molar-refractivity contribution is 9.10. The molecule has 0 heterocycles. The van der Waals surface area contributed by atoms with Gasteiger partial charge in [-0.1, -0.05) is 18.2 Å². The number of amides is 2. The predicted octanol–water partition coefficient (Wildman–Crippen LogP) is 3.31. The lowest BCUT2D eigenvalue weighted by Crippen LogP contribution is -2.36. The molecule has 0 radical (unpaired) electrons. The topological polar surface area (TPSA) is 73.2 Å². The molecule has 6 heteroatoms. The number of carbonyl (C=O) groups is 2. The molecule has 0 saturated heterocycles. The van der Waals surface area contributed by atoms with Crippen molar-refractivity contribution in [3.05, 3.63) is 58.6 Å². The van der Waals surface area contributed by atoms with Crippen molar-refractivity contribution in [2.45, 2.75) is 6.92 Å². The van der Waals surface area contributed by atoms with E-state index in [0.29, 0.717) is 16.9 Å². The zero-order valence-electron chi connectivity index (χ0n) is 12.4. The van der Waals surface area contributed by atoms with Crippen LogP contribution < -0.4 is 10.2 Å². The monoisotopic (exact) mass is 371 g/mol. The van der Waals surface area contributed by atoms with E-state index in [9.17, 15) is 9.59 Å². The quantitative estimate of drug-likeness (QED) is 0.895. The molecule has 1 N–H and O–H groups in total. The van der Waals surface area contributed by atoms with Gasteiger partial charge in [0.15, 0.2) is 0 Å². The predicted molar refractivity (Wildman–Crippen MR) is 92.0 cm³/mol. The summed E-state index contributed by atoms with van der Waals surface area (Å²) in [6, 6.07) is 15.8. The molecule has 2 rings (SSSR count). The van der Waals surface area contributed by atoms with Crippen molar-refractivity contribution in [3.63, 3.8) is 0 Å². The van der Waals surface area contributed by atoms with E-state index < -0.39 is 0 Å². The van der Waals surface area contributed by atoms with Gasteiger partial charge in [0.05, 0.1) is 17.3 Å². The summed E-state index contributed by atoms with van der Waals surface area (Å²) in [5, 5.41) is 11.6. The zero-order valence-corrected chi connectivity index (χ0v) is 14.0. The van der Waals surface area contributed by atoms with Crippen LogP contribution in [0.3, 0.4) is 0 Å². The number of carbonyl (C=O) groups excluding carboxylic acids is 2. The Morgan fingerprint density at radius 1 is 1.22 bits per heavy atom. The molecule has 0 aliphatic rings. The summed E-state index contributed by atoms with van der Waals surface area (Å²) in [5.41, 5.74) is 1.60. The largest absolute Gasteiger partial charge is 0.324 e. The number of hydrogen-bond donors (Lipinski definition) is 1. The van der Waals surface area contributed by atoms with E-state index >= 15 is 0 Å². The van der Waals surface area contributed by atoms with Gasteiger partial charge in [0, 0.05) is 17.1 Å². The van der Waals surface area contributed by atoms with Gasteiger partial charge in [-0.05, 0) is 46.3 Å². The first-order valence-electron chi connectivity index (χ1n) is 6.84. The number of anilines is 2. The maximum absolute atomic E-state index is 12.2. The highest BCUT2D eigenvalue weighted by atomic mass is 79.9. The van der Waals surface area contributed by atoms with Crippen molar-refractivity contribution >= 4 is 39.1 Å². The Morgan fingerprint density at radius 3 is 2.61 bits per heavy atom. The van der Waals surface area contributed by atoms with Crippen LogP contribution >= 0.6 is 15.9 Å². The Bertz CT molecular complexity index is 783. The molecule has 0 saturated carbocycles. The molecule has 0 bridgehead atoms. The van der Waals surface area contributed by atoms with Crippen LogP contribution in [0.5, 0.6) is 0 Å². The second-order valence-electron chi connectivity index (χ2n) is 4.80. The molecule has 0 unspecified atom stereocenters. The first kappa shape index (κ1) is 16.7. The van der Waals surface area contributed by atoms with Gasteiger partial charge in [0.2, 0.25) is 11.8 Å². The molecule has 2 aromatic carbocycles. The number of benzene rings is 2. The van der Waals surface area contributed by atoms with E-state index in [1.807, 2.05) is 12.1 Å². The Labute approximate surface area is 142 Å². The Kier molecular flexibility index (Phi) is 5.50. The van der Waals surface area contributed by atoms with Crippen molar-refractivity contribution < 1.29 is 9.59 Å². The Balaban J connectivity index is 2.14. The number of halogens is 1. The average molecular weight is 372 g/mol. The molecule has 0 spiro atoms. The third-order valence-electron chi connectivity index (χ3n) is 3.10. The third kappa shape index (κ3) is 4.41. The Morgan fingerprint density at radius 2 is 1.96 bits per heavy atom. The molecular formula is C17H14BrN3O2. The standard InChI is InChI=1S/C17H14BrN3O2/c1-12(22)21(16-8-3-2-7-15(16)18)11-17(23)20-14-6-4-5-13(9-14)10-19/h2-9H,11H2,1H3,(H,20,23). The lowest BCUT2D eigenvalue weighted by molar-refractivity contribution is -0.120. The summed E-state index contributed by atoms with van der Waals surface area (Å²) in [6.07, 6.45) is 0. The normalized spacial score (nSPS) is 9.78. The summed E-state index contributed by atoms with van der Waals surface area (Å²) in [5.74, 6) is -0.580. The van der Waals surface area contributed by atoms with E-state index in [4.69, 9.17) is 5.26 Å². The van der Waals surface area contributed by atoms with Crippen molar-refractivity contribution in [1.29, 1.82) is 5.26 Å². The maximum atomic E-state index is 12.2. The molecule has 2 aromatic rings. The molecule has 2 amide bonds. The lowest BCUT2D eigenvalue weighted by Gasteiger charge is -2.22. The molecule has 0 atom stereocenters. The van der Waals surface area contributed by atoms with Crippen LogP contribution in [0, 0.1) is 11.3 Å². The van der Waals surface area contributed by atoms with Gasteiger partial charge in [0.1, 0.15) is 6.54 Å². The zero-order chi connectivity index (χ0) is 16.8. The van der Waals surface area contributed by atoms with Crippen molar-refractivity contribution in [2.24, 2.45) is 0 Å². The number of para-hydroxylation sites is 1. The van der Waals surface area contributed by atoms with Crippen LogP contribution in [0.15, 0.2) is 53.0 Å². The molecule has 116 valence electrons. The van der Waals surface area contributed by atoms with E-state index in [1.54, 1.807) is 42.5 Å². The minimum absolute atomic E-state index is 0.116. The maximum Gasteiger partial charge on any atom is 0.244 e. The van der Waals surface area contributed by atoms with Gasteiger partial charge < -0.3 is 10.2 Å². The van der Waals surface area contributed by atoms with Crippen LogP contribution in [0.4, 0.5) is 11.4 Å². The van der Waals surface area contributed by atoms with Gasteiger partial charge in [-0.2, -0.15) is 5.26 Å². The van der Waals surface area contributed by atoms with Crippen LogP contribution in [0.25, 0.3) is 0 Å². The smallest absolute Gasteiger partial charge is 0.244 e. The lowest BCUT2D eigenvalue weighted by atomic mass is 10.2. The SMILES string of the molecule is CC(=O)N(CC(=O)Nc1cccc(C#N)c1)c1ccccc1Br. The summed E-state index contributed by atoms with van der Waals surface area (Å²) in [6.45, 7) is 1.29. The Hall–Kier alpha value is -2.65. The highest BCUT2D eigenvalue weighted by Gasteiger charge is 2.18. The van der Waals surface area contributed by atoms with Gasteiger partial charge in [-0.15, -0.1) is 0 Å². The minimum Gasteiger partial charge on any atom is -0.324 e. The molecule has 0 aliphatic carbocycles. The second kappa shape index (κ2) is 7.56. The third-order valence-corrected chi connectivity index (χ3v) is 3.77. The summed E-state index contributed by atoms with van der Waals surface area (Å²) < 4.78 is 0.731. The summed E-state index contributed by atoms with van der Waals surface area (Å²) >= 11 is 3.38. The van der Waals surface area contributed by atoms with Crippen LogP contribution in [-0.4, -0.2) is 18.4 Å². The van der Waals surface area contributed by atoms with E-state index in [1.165, 1.54) is 11.8 Å². The molecule has 0 fully saturated rings. The fourth-order valence-electron chi connectivity index (χ4n) is 2.05. The molecular weight excluding hydrogens is 358 g/mol. The van der Waals surface area contributed by atoms with Crippen LogP contribution in [0.1, 0.15) is 12.5 Å². The minimum atomic E-state index is -0.342. The number of nitriles is 1. The van der Waals surface area contributed by atoms with E-state index in [0.717, 1.165) is 4.47 Å². The highest BCUT2D eigenvalue weighted by Crippen LogP contribution is 2.25. The second-order valence-corrected chi connectivity index (χ2v) is 5.65. The number of rotatable bonds is 4. The summed E-state index contributed by atoms with van der Waals surface area (Å²) in [7, 11) is 0. The van der Waals surface area contributed by atoms with Crippen LogP contribution in [-0.2, 0) is 9.59 Å². The fraction of sp³-hybridized carbons (Fsp3) is 0.118. The fourth-order valence-corrected chi connectivity index (χ4v) is 2.55. The molecule has 23 heavy (non-hydrogen) atoms. The number of nitrogens with zero attached hydrogens (tertiary/aromatic N) is 2. The molecule has 0 aliphatic heterocycles. The van der Waals surface area contributed by atoms with E-state index in [2.05, 4.69) is 21.2 Å². The number of hydrogen-bond acceptors (Lipinski definition) is 3. The van der Waals surface area contributed by atoms with Crippen molar-refractivity contribution in [1.82, 2.24) is 0 Å². The molecule has 5 nitrogen and oxygen atoms in total. The van der Waals surface area contributed by atoms with Gasteiger partial charge in [0.25, 0.3) is 0 Å². The van der Waals surface area contributed by atoms with Crippen molar-refractivity contribution in [3.8, 4) is 6.07 Å². The van der Waals surface area contributed by atoms with Gasteiger partial charge in [-0.3, -0.25) is 9.59 Å². The first-order valence-corrected chi connectivity index (χ1v) is 7.63. The van der Waals surface area contributed by atoms with Gasteiger partial charge in [-0.25, -0.2) is 0 Å².